The summed E-state index contributed by atoms with van der Waals surface area (Å²) in [6.07, 6.45) is -0.603. The summed E-state index contributed by atoms with van der Waals surface area (Å²) in [6.45, 7) is 7.86. The van der Waals surface area contributed by atoms with Crippen LogP contribution in [-0.4, -0.2) is 25.1 Å². The normalized spacial score (nSPS) is 11.7. The van der Waals surface area contributed by atoms with Crippen LogP contribution in [-0.2, 0) is 4.79 Å². The molecule has 1 N–H and O–H groups in total. The highest BCUT2D eigenvalue weighted by Gasteiger charge is 2.15. The Balaban J connectivity index is 1.94. The fraction of sp³-hybridized carbons (Fsp3) is 0.316. The lowest BCUT2D eigenvalue weighted by molar-refractivity contribution is -0.122. The van der Waals surface area contributed by atoms with Crippen molar-refractivity contribution in [3.8, 4) is 5.75 Å². The first-order valence-corrected chi connectivity index (χ1v) is 8.49. The zero-order valence-corrected chi connectivity index (χ0v) is 15.0. The summed E-state index contributed by atoms with van der Waals surface area (Å²) in [7, 11) is 0. The Morgan fingerprint density at radius 2 is 1.67 bits per heavy atom. The molecule has 1 amide bonds. The van der Waals surface area contributed by atoms with E-state index in [1.807, 2.05) is 24.3 Å². The molecule has 2 aromatic carbocycles. The number of rotatable bonds is 7. The second kappa shape index (κ2) is 8.60. The largest absolute Gasteiger partial charge is 0.481 e. The molecule has 24 heavy (non-hydrogen) atoms. The smallest absolute Gasteiger partial charge is 0.265 e. The number of amides is 1. The highest BCUT2D eigenvalue weighted by Crippen LogP contribution is 2.19. The number of carbonyl (C=O) groups excluding carboxylic acids is 1. The van der Waals surface area contributed by atoms with Crippen LogP contribution in [0.2, 0.25) is 5.02 Å². The van der Waals surface area contributed by atoms with Gasteiger partial charge in [0.1, 0.15) is 5.75 Å². The molecule has 0 saturated carbocycles. The fourth-order valence-electron chi connectivity index (χ4n) is 2.36. The second-order valence-electron chi connectivity index (χ2n) is 5.42. The second-order valence-corrected chi connectivity index (χ2v) is 5.86. The Labute approximate surface area is 148 Å². The number of carbonyl (C=O) groups is 1. The number of hydrogen-bond donors (Lipinski definition) is 1. The van der Waals surface area contributed by atoms with E-state index in [0.29, 0.717) is 10.8 Å². The average molecular weight is 347 g/mol. The van der Waals surface area contributed by atoms with Gasteiger partial charge in [-0.25, -0.2) is 0 Å². The van der Waals surface area contributed by atoms with Gasteiger partial charge in [0.25, 0.3) is 5.91 Å². The van der Waals surface area contributed by atoms with Crippen molar-refractivity contribution in [3.63, 3.8) is 0 Å². The molecule has 1 unspecified atom stereocenters. The van der Waals surface area contributed by atoms with Crippen LogP contribution in [0.5, 0.6) is 5.75 Å². The first-order chi connectivity index (χ1) is 11.5. The minimum atomic E-state index is -0.603. The van der Waals surface area contributed by atoms with E-state index in [9.17, 15) is 4.79 Å². The fourth-order valence-corrected chi connectivity index (χ4v) is 2.49. The first-order valence-electron chi connectivity index (χ1n) is 8.11. The predicted octanol–water partition coefficient (Wildman–Crippen LogP) is 4.59. The molecule has 5 heteroatoms. The lowest BCUT2D eigenvalue weighted by Crippen LogP contribution is -2.30. The van der Waals surface area contributed by atoms with Gasteiger partial charge in [-0.3, -0.25) is 4.79 Å². The van der Waals surface area contributed by atoms with Crippen molar-refractivity contribution >= 4 is 28.9 Å². The van der Waals surface area contributed by atoms with E-state index in [0.717, 1.165) is 24.5 Å². The van der Waals surface area contributed by atoms with Crippen molar-refractivity contribution in [2.24, 2.45) is 0 Å². The number of nitrogens with zero attached hydrogens (tertiary/aromatic N) is 1. The monoisotopic (exact) mass is 346 g/mol. The summed E-state index contributed by atoms with van der Waals surface area (Å²) >= 11 is 5.84. The molecular weight excluding hydrogens is 324 g/mol. The highest BCUT2D eigenvalue weighted by atomic mass is 35.5. The number of nitrogens with one attached hydrogen (secondary N) is 1. The standard InChI is InChI=1S/C19H23ClN2O2/c1-4-22(5-2)17-10-8-16(9-11-17)21-19(23)14(3)24-18-12-6-15(20)7-13-18/h6-14H,4-5H2,1-3H3,(H,21,23). The Hall–Kier alpha value is -2.20. The van der Waals surface area contributed by atoms with Crippen LogP contribution in [0, 0.1) is 0 Å². The van der Waals surface area contributed by atoms with E-state index < -0.39 is 6.10 Å². The molecule has 0 aliphatic rings. The lowest BCUT2D eigenvalue weighted by Gasteiger charge is -2.21. The summed E-state index contributed by atoms with van der Waals surface area (Å²) in [4.78, 5) is 14.5. The average Bonchev–Trinajstić information content (AvgIpc) is 2.59. The van der Waals surface area contributed by atoms with Gasteiger partial charge >= 0.3 is 0 Å². The molecule has 0 spiro atoms. The SMILES string of the molecule is CCN(CC)c1ccc(NC(=O)C(C)Oc2ccc(Cl)cc2)cc1. The molecule has 0 radical (unpaired) electrons. The Bertz CT molecular complexity index is 652. The van der Waals surface area contributed by atoms with Gasteiger partial charge < -0.3 is 15.0 Å². The maximum absolute atomic E-state index is 12.2. The Morgan fingerprint density at radius 1 is 1.08 bits per heavy atom. The van der Waals surface area contributed by atoms with E-state index >= 15 is 0 Å². The predicted molar refractivity (Wildman–Crippen MR) is 100 cm³/mol. The number of hydrogen-bond acceptors (Lipinski definition) is 3. The summed E-state index contributed by atoms with van der Waals surface area (Å²) in [5, 5.41) is 3.50. The molecular formula is C19H23ClN2O2. The molecule has 2 rings (SSSR count). The minimum Gasteiger partial charge on any atom is -0.481 e. The molecule has 0 fully saturated rings. The molecule has 2 aromatic rings. The number of ether oxygens (including phenoxy) is 1. The molecule has 128 valence electrons. The Kier molecular flexibility index (Phi) is 6.50. The van der Waals surface area contributed by atoms with Gasteiger partial charge in [-0.1, -0.05) is 11.6 Å². The molecule has 1 atom stereocenters. The van der Waals surface area contributed by atoms with Crippen LogP contribution in [0.25, 0.3) is 0 Å². The molecule has 0 saturated heterocycles. The minimum absolute atomic E-state index is 0.194. The van der Waals surface area contributed by atoms with Crippen LogP contribution in [0.1, 0.15) is 20.8 Å². The zero-order valence-electron chi connectivity index (χ0n) is 14.3. The summed E-state index contributed by atoms with van der Waals surface area (Å²) in [5.74, 6) is 0.416. The van der Waals surface area contributed by atoms with Gasteiger partial charge in [0, 0.05) is 29.5 Å². The quantitative estimate of drug-likeness (QED) is 0.797. The van der Waals surface area contributed by atoms with Crippen LogP contribution in [0.15, 0.2) is 48.5 Å². The van der Waals surface area contributed by atoms with Crippen LogP contribution in [0.3, 0.4) is 0 Å². The summed E-state index contributed by atoms with van der Waals surface area (Å²) < 4.78 is 5.62. The summed E-state index contributed by atoms with van der Waals surface area (Å²) in [5.41, 5.74) is 1.89. The van der Waals surface area contributed by atoms with E-state index in [4.69, 9.17) is 16.3 Å². The Morgan fingerprint density at radius 3 is 2.21 bits per heavy atom. The third-order valence-electron chi connectivity index (χ3n) is 3.76. The molecule has 0 heterocycles. The van der Waals surface area contributed by atoms with Gasteiger partial charge in [-0.15, -0.1) is 0 Å². The van der Waals surface area contributed by atoms with E-state index in [1.165, 1.54) is 0 Å². The van der Waals surface area contributed by atoms with E-state index in [2.05, 4.69) is 24.1 Å². The molecule has 0 aliphatic heterocycles. The van der Waals surface area contributed by atoms with Gasteiger partial charge in [0.2, 0.25) is 0 Å². The molecule has 0 bridgehead atoms. The molecule has 0 aliphatic carbocycles. The van der Waals surface area contributed by atoms with Gasteiger partial charge in [0.05, 0.1) is 0 Å². The van der Waals surface area contributed by atoms with Crippen molar-refractivity contribution in [2.45, 2.75) is 26.9 Å². The summed E-state index contributed by atoms with van der Waals surface area (Å²) in [6, 6.07) is 14.8. The van der Waals surface area contributed by atoms with Crippen molar-refractivity contribution in [1.29, 1.82) is 0 Å². The van der Waals surface area contributed by atoms with Gasteiger partial charge in [-0.2, -0.15) is 0 Å². The van der Waals surface area contributed by atoms with Crippen LogP contribution >= 0.6 is 11.6 Å². The van der Waals surface area contributed by atoms with E-state index in [1.54, 1.807) is 31.2 Å². The zero-order chi connectivity index (χ0) is 17.5. The maximum atomic E-state index is 12.2. The van der Waals surface area contributed by atoms with Crippen molar-refractivity contribution < 1.29 is 9.53 Å². The topological polar surface area (TPSA) is 41.6 Å². The third kappa shape index (κ3) is 4.90. The lowest BCUT2D eigenvalue weighted by atomic mass is 10.2. The van der Waals surface area contributed by atoms with E-state index in [-0.39, 0.29) is 5.91 Å². The van der Waals surface area contributed by atoms with Crippen molar-refractivity contribution in [3.05, 3.63) is 53.6 Å². The number of benzene rings is 2. The molecule has 0 aromatic heterocycles. The number of anilines is 2. The van der Waals surface area contributed by atoms with Crippen LogP contribution < -0.4 is 15.0 Å². The van der Waals surface area contributed by atoms with Crippen molar-refractivity contribution in [2.75, 3.05) is 23.3 Å². The third-order valence-corrected chi connectivity index (χ3v) is 4.01. The first kappa shape index (κ1) is 18.1. The number of halogens is 1. The van der Waals surface area contributed by atoms with Crippen LogP contribution in [0.4, 0.5) is 11.4 Å². The maximum Gasteiger partial charge on any atom is 0.265 e. The van der Waals surface area contributed by atoms with Gasteiger partial charge in [0.15, 0.2) is 6.10 Å². The van der Waals surface area contributed by atoms with Gasteiger partial charge in [-0.05, 0) is 69.3 Å². The highest BCUT2D eigenvalue weighted by molar-refractivity contribution is 6.30. The molecule has 4 nitrogen and oxygen atoms in total. The van der Waals surface area contributed by atoms with Crippen molar-refractivity contribution in [1.82, 2.24) is 0 Å².